The van der Waals surface area contributed by atoms with Crippen LogP contribution in [0.15, 0.2) is 79.0 Å². The lowest BCUT2D eigenvalue weighted by atomic mass is 9.90. The number of rotatable bonds is 9. The minimum Gasteiger partial charge on any atom is -0.389 e. The Balaban J connectivity index is 1.28. The number of hydrogen-bond donors (Lipinski definition) is 1. The van der Waals surface area contributed by atoms with Gasteiger partial charge >= 0.3 is 0 Å². The van der Waals surface area contributed by atoms with Crippen LogP contribution in [0.1, 0.15) is 22.7 Å². The highest BCUT2D eigenvalue weighted by Gasteiger charge is 2.30. The number of nitrogens with zero attached hydrogens (tertiary/aromatic N) is 3. The molecule has 0 aliphatic carbocycles. The van der Waals surface area contributed by atoms with Crippen molar-refractivity contribution in [1.29, 1.82) is 0 Å². The third kappa shape index (κ3) is 6.42. The van der Waals surface area contributed by atoms with Crippen LogP contribution in [-0.2, 0) is 16.1 Å². The van der Waals surface area contributed by atoms with Crippen molar-refractivity contribution in [2.24, 2.45) is 0 Å². The molecule has 0 bridgehead atoms. The molecule has 1 unspecified atom stereocenters. The largest absolute Gasteiger partial charge is 0.389 e. The first-order valence-electron chi connectivity index (χ1n) is 11.6. The Morgan fingerprint density at radius 3 is 2.15 bits per heavy atom. The van der Waals surface area contributed by atoms with E-state index in [4.69, 9.17) is 16.3 Å². The van der Waals surface area contributed by atoms with Crippen LogP contribution in [-0.4, -0.2) is 71.2 Å². The Kier molecular flexibility index (Phi) is 8.66. The van der Waals surface area contributed by atoms with E-state index in [0.29, 0.717) is 43.4 Å². The molecule has 7 heteroatoms. The van der Waals surface area contributed by atoms with Crippen molar-refractivity contribution in [2.45, 2.75) is 18.6 Å². The van der Waals surface area contributed by atoms with Gasteiger partial charge in [0, 0.05) is 38.9 Å². The maximum absolute atomic E-state index is 13.6. The zero-order valence-electron chi connectivity index (χ0n) is 19.1. The number of piperazine rings is 1. The van der Waals surface area contributed by atoms with Crippen molar-refractivity contribution in [3.63, 3.8) is 0 Å². The number of pyridine rings is 1. The van der Waals surface area contributed by atoms with Crippen LogP contribution in [0.3, 0.4) is 0 Å². The number of aromatic nitrogens is 1. The molecule has 1 atom stereocenters. The monoisotopic (exact) mass is 479 g/mol. The van der Waals surface area contributed by atoms with Crippen molar-refractivity contribution >= 4 is 17.5 Å². The second-order valence-electron chi connectivity index (χ2n) is 8.48. The number of carbonyl (C=O) groups excluding carboxylic acids is 1. The van der Waals surface area contributed by atoms with E-state index < -0.39 is 6.10 Å². The molecular formula is C27H30ClN3O3. The van der Waals surface area contributed by atoms with Crippen molar-refractivity contribution in [1.82, 2.24) is 14.8 Å². The molecule has 1 fully saturated rings. The molecule has 2 heterocycles. The Labute approximate surface area is 205 Å². The van der Waals surface area contributed by atoms with Gasteiger partial charge in [0.15, 0.2) is 0 Å². The fourth-order valence-electron chi connectivity index (χ4n) is 4.27. The van der Waals surface area contributed by atoms with Crippen LogP contribution in [0.5, 0.6) is 0 Å². The van der Waals surface area contributed by atoms with Gasteiger partial charge in [-0.25, -0.2) is 0 Å². The average Bonchev–Trinajstić information content (AvgIpc) is 2.87. The molecule has 1 aromatic heterocycles. The van der Waals surface area contributed by atoms with Crippen LogP contribution in [0.4, 0.5) is 0 Å². The number of ether oxygens (including phenoxy) is 1. The van der Waals surface area contributed by atoms with Gasteiger partial charge in [-0.2, -0.15) is 0 Å². The summed E-state index contributed by atoms with van der Waals surface area (Å²) in [7, 11) is 0. The molecule has 1 saturated heterocycles. The Morgan fingerprint density at radius 1 is 0.941 bits per heavy atom. The molecule has 1 amide bonds. The minimum atomic E-state index is -0.619. The number of carbonyl (C=O) groups is 1. The van der Waals surface area contributed by atoms with E-state index in [1.165, 1.54) is 0 Å². The molecule has 178 valence electrons. The molecule has 3 aromatic rings. The van der Waals surface area contributed by atoms with Crippen LogP contribution in [0.25, 0.3) is 0 Å². The summed E-state index contributed by atoms with van der Waals surface area (Å²) in [6.45, 7) is 3.66. The molecule has 0 radical (unpaired) electrons. The summed E-state index contributed by atoms with van der Waals surface area (Å²) in [5.41, 5.74) is 2.67. The first kappa shape index (κ1) is 24.4. The fourth-order valence-corrected chi connectivity index (χ4v) is 4.45. The maximum Gasteiger partial charge on any atom is 0.234 e. The fraction of sp³-hybridized carbons (Fsp3) is 0.333. The van der Waals surface area contributed by atoms with Gasteiger partial charge in [0.05, 0.1) is 36.0 Å². The van der Waals surface area contributed by atoms with E-state index in [0.717, 1.165) is 11.1 Å². The second-order valence-corrected chi connectivity index (χ2v) is 8.89. The van der Waals surface area contributed by atoms with Gasteiger partial charge in [-0.15, -0.1) is 0 Å². The number of aliphatic hydroxyl groups is 1. The molecule has 34 heavy (non-hydrogen) atoms. The quantitative estimate of drug-likeness (QED) is 0.508. The lowest BCUT2D eigenvalue weighted by molar-refractivity contribution is -0.133. The van der Waals surface area contributed by atoms with E-state index >= 15 is 0 Å². The Morgan fingerprint density at radius 2 is 1.56 bits per heavy atom. The van der Waals surface area contributed by atoms with Gasteiger partial charge < -0.3 is 14.7 Å². The van der Waals surface area contributed by atoms with Crippen LogP contribution < -0.4 is 0 Å². The van der Waals surface area contributed by atoms with Crippen LogP contribution >= 0.6 is 11.6 Å². The summed E-state index contributed by atoms with van der Waals surface area (Å²) in [6.07, 6.45) is 1.05. The number of aliphatic hydroxyl groups excluding tert-OH is 1. The van der Waals surface area contributed by atoms with E-state index in [-0.39, 0.29) is 25.0 Å². The van der Waals surface area contributed by atoms with Crippen LogP contribution in [0, 0.1) is 0 Å². The predicted octanol–water partition coefficient (Wildman–Crippen LogP) is 3.59. The molecule has 0 spiro atoms. The number of halogens is 1. The van der Waals surface area contributed by atoms with Crippen molar-refractivity contribution in [2.75, 3.05) is 39.3 Å². The van der Waals surface area contributed by atoms with Gasteiger partial charge in [0.1, 0.15) is 0 Å². The van der Waals surface area contributed by atoms with Crippen molar-refractivity contribution in [3.05, 3.63) is 101 Å². The number of benzene rings is 2. The number of amides is 1. The lowest BCUT2D eigenvalue weighted by Gasteiger charge is -2.37. The zero-order chi connectivity index (χ0) is 23.8. The van der Waals surface area contributed by atoms with E-state index in [2.05, 4.69) is 9.88 Å². The molecule has 1 aliphatic heterocycles. The second kappa shape index (κ2) is 12.1. The van der Waals surface area contributed by atoms with Crippen LogP contribution in [0.2, 0.25) is 5.02 Å². The molecule has 4 rings (SSSR count). The van der Waals surface area contributed by atoms with Crippen molar-refractivity contribution < 1.29 is 14.6 Å². The Hall–Kier alpha value is -2.77. The Bertz CT molecular complexity index is 1000. The summed E-state index contributed by atoms with van der Waals surface area (Å²) in [4.78, 5) is 21.8. The van der Waals surface area contributed by atoms with E-state index in [1.54, 1.807) is 18.3 Å². The maximum atomic E-state index is 13.6. The van der Waals surface area contributed by atoms with Gasteiger partial charge in [-0.05, 0) is 23.3 Å². The van der Waals surface area contributed by atoms with Gasteiger partial charge in [-0.1, -0.05) is 72.3 Å². The summed E-state index contributed by atoms with van der Waals surface area (Å²) < 4.78 is 5.60. The summed E-state index contributed by atoms with van der Waals surface area (Å²) in [6, 6.07) is 23.4. The topological polar surface area (TPSA) is 65.9 Å². The number of β-amino-alcohol motifs (C(OH)–C–C–N with tert-alkyl or cyclic N) is 1. The molecule has 1 aliphatic rings. The highest BCUT2D eigenvalue weighted by Crippen LogP contribution is 2.27. The van der Waals surface area contributed by atoms with Gasteiger partial charge in [-0.3, -0.25) is 14.7 Å². The molecule has 2 aromatic carbocycles. The van der Waals surface area contributed by atoms with Crippen molar-refractivity contribution in [3.8, 4) is 0 Å². The predicted molar refractivity (Wildman–Crippen MR) is 133 cm³/mol. The van der Waals surface area contributed by atoms with E-state index in [9.17, 15) is 9.90 Å². The average molecular weight is 480 g/mol. The molecule has 1 N–H and O–H groups in total. The molecule has 0 saturated carbocycles. The zero-order valence-corrected chi connectivity index (χ0v) is 19.8. The highest BCUT2D eigenvalue weighted by molar-refractivity contribution is 6.31. The van der Waals surface area contributed by atoms with Gasteiger partial charge in [0.25, 0.3) is 0 Å². The molecule has 6 nitrogen and oxygen atoms in total. The third-order valence-corrected chi connectivity index (χ3v) is 6.39. The summed E-state index contributed by atoms with van der Waals surface area (Å²) >= 11 is 6.09. The summed E-state index contributed by atoms with van der Waals surface area (Å²) in [5, 5.41) is 11.0. The SMILES string of the molecule is O=C(C(c1ccccc1)c1ccccc1)N1CCN(CC(O)COCc2ncccc2Cl)CC1. The van der Waals surface area contributed by atoms with E-state index in [1.807, 2.05) is 65.6 Å². The smallest absolute Gasteiger partial charge is 0.234 e. The first-order valence-corrected chi connectivity index (χ1v) is 12.0. The third-order valence-electron chi connectivity index (χ3n) is 6.05. The highest BCUT2D eigenvalue weighted by atomic mass is 35.5. The van der Waals surface area contributed by atoms with Gasteiger partial charge in [0.2, 0.25) is 5.91 Å². The lowest BCUT2D eigenvalue weighted by Crippen LogP contribution is -2.51. The first-order chi connectivity index (χ1) is 16.6. The number of hydrogen-bond acceptors (Lipinski definition) is 5. The summed E-state index contributed by atoms with van der Waals surface area (Å²) in [5.74, 6) is -0.195. The normalized spacial score (nSPS) is 15.4. The standard InChI is InChI=1S/C27H30ClN3O3/c28-24-12-7-13-29-25(24)20-34-19-23(32)18-30-14-16-31(17-15-30)27(33)26(21-8-3-1-4-9-21)22-10-5-2-6-11-22/h1-13,23,26,32H,14-20H2. The minimum absolute atomic E-state index is 0.119. The molecular weight excluding hydrogens is 450 g/mol.